The Balaban J connectivity index is 1.88. The van der Waals surface area contributed by atoms with Gasteiger partial charge in [-0.25, -0.2) is 0 Å². The minimum absolute atomic E-state index is 0.000287. The Hall–Kier alpha value is -4.90. The van der Waals surface area contributed by atoms with Gasteiger partial charge in [0.2, 0.25) is 0 Å². The normalized spacial score (nSPS) is 10.8. The first kappa shape index (κ1) is 26.7. The molecule has 0 unspecified atom stereocenters. The van der Waals surface area contributed by atoms with E-state index in [9.17, 15) is 20.2 Å². The molecule has 1 amide bonds. The molecule has 3 rings (SSSR count). The third-order valence-corrected chi connectivity index (χ3v) is 5.57. The Kier molecular flexibility index (Phi) is 8.79. The molecule has 0 fully saturated rings. The van der Waals surface area contributed by atoms with E-state index < -0.39 is 10.8 Å². The zero-order chi connectivity index (χ0) is 26.9. The number of nitro benzene ring substituents is 1. The van der Waals surface area contributed by atoms with E-state index in [4.69, 9.17) is 9.47 Å². The van der Waals surface area contributed by atoms with Crippen molar-refractivity contribution in [3.05, 3.63) is 111 Å². The fourth-order valence-electron chi connectivity index (χ4n) is 3.72. The molecule has 0 aliphatic carbocycles. The van der Waals surface area contributed by atoms with Crippen molar-refractivity contribution in [2.45, 2.75) is 26.9 Å². The first-order valence-corrected chi connectivity index (χ1v) is 11.4. The highest BCUT2D eigenvalue weighted by Crippen LogP contribution is 2.35. The van der Waals surface area contributed by atoms with Crippen LogP contribution in [0.15, 0.2) is 72.8 Å². The van der Waals surface area contributed by atoms with Gasteiger partial charge in [0.15, 0.2) is 11.5 Å². The number of aryl methyl sites for hydroxylation is 2. The van der Waals surface area contributed by atoms with Gasteiger partial charge in [0.25, 0.3) is 11.6 Å². The maximum atomic E-state index is 12.8. The van der Waals surface area contributed by atoms with Gasteiger partial charge in [0.05, 0.1) is 12.0 Å². The smallest absolute Gasteiger partial charge is 0.269 e. The molecule has 3 aromatic carbocycles. The van der Waals surface area contributed by atoms with E-state index in [1.165, 1.54) is 25.3 Å². The van der Waals surface area contributed by atoms with Crippen LogP contribution in [0.2, 0.25) is 0 Å². The average molecular weight is 498 g/mol. The summed E-state index contributed by atoms with van der Waals surface area (Å²) in [5.74, 6) is 0.382. The molecular weight excluding hydrogens is 470 g/mol. The number of nitro groups is 1. The Labute approximate surface area is 215 Å². The van der Waals surface area contributed by atoms with Crippen LogP contribution >= 0.6 is 0 Å². The summed E-state index contributed by atoms with van der Waals surface area (Å²) in [5.41, 5.74) is 4.62. The second-order valence-electron chi connectivity index (χ2n) is 8.36. The van der Waals surface area contributed by atoms with E-state index in [-0.39, 0.29) is 17.9 Å². The third-order valence-electron chi connectivity index (χ3n) is 5.57. The number of ether oxygens (including phenoxy) is 2. The number of amides is 1. The predicted molar refractivity (Wildman–Crippen MR) is 142 cm³/mol. The van der Waals surface area contributed by atoms with Gasteiger partial charge in [-0.2, -0.15) is 5.26 Å². The van der Waals surface area contributed by atoms with Gasteiger partial charge >= 0.3 is 0 Å². The van der Waals surface area contributed by atoms with E-state index in [1.807, 2.05) is 32.0 Å². The number of carbonyl (C=O) groups excluding carboxylic acids is 1. The summed E-state index contributed by atoms with van der Waals surface area (Å²) in [6, 6.07) is 17.2. The zero-order valence-electron chi connectivity index (χ0n) is 20.9. The molecule has 37 heavy (non-hydrogen) atoms. The van der Waals surface area contributed by atoms with Crippen molar-refractivity contribution in [1.29, 1.82) is 5.26 Å². The maximum Gasteiger partial charge on any atom is 0.269 e. The molecule has 0 atom stereocenters. The fraction of sp³-hybridized carbons (Fsp3) is 0.172. The van der Waals surface area contributed by atoms with E-state index in [1.54, 1.807) is 36.4 Å². The van der Waals surface area contributed by atoms with Crippen LogP contribution in [0, 0.1) is 35.3 Å². The summed E-state index contributed by atoms with van der Waals surface area (Å²) in [6.45, 7) is 7.82. The molecule has 1 N–H and O–H groups in total. The molecule has 0 radical (unpaired) electrons. The molecule has 0 aliphatic heterocycles. The highest BCUT2D eigenvalue weighted by Gasteiger charge is 2.16. The van der Waals surface area contributed by atoms with Gasteiger partial charge in [-0.3, -0.25) is 14.9 Å². The molecular formula is C29H27N3O5. The quantitative estimate of drug-likeness (QED) is 0.119. The number of rotatable bonds is 10. The lowest BCUT2D eigenvalue weighted by Gasteiger charge is -2.16. The highest BCUT2D eigenvalue weighted by molar-refractivity contribution is 6.10. The molecule has 8 nitrogen and oxygen atoms in total. The molecule has 0 bridgehead atoms. The first-order chi connectivity index (χ1) is 17.7. The van der Waals surface area contributed by atoms with Crippen LogP contribution in [0.4, 0.5) is 11.4 Å². The van der Waals surface area contributed by atoms with Crippen molar-refractivity contribution in [2.24, 2.45) is 0 Å². The lowest BCUT2D eigenvalue weighted by Crippen LogP contribution is -2.14. The van der Waals surface area contributed by atoms with Crippen molar-refractivity contribution in [3.8, 4) is 17.6 Å². The van der Waals surface area contributed by atoms with Crippen molar-refractivity contribution >= 4 is 23.4 Å². The first-order valence-electron chi connectivity index (χ1n) is 11.4. The van der Waals surface area contributed by atoms with E-state index in [0.717, 1.165) is 22.3 Å². The Bertz CT molecular complexity index is 1400. The minimum atomic E-state index is -0.516. The number of nitrogens with zero attached hydrogens (tertiary/aromatic N) is 2. The monoisotopic (exact) mass is 497 g/mol. The van der Waals surface area contributed by atoms with Crippen LogP contribution in [-0.2, 0) is 17.8 Å². The lowest BCUT2D eigenvalue weighted by atomic mass is 10.0. The summed E-state index contributed by atoms with van der Waals surface area (Å²) in [7, 11) is 1.50. The van der Waals surface area contributed by atoms with Crippen LogP contribution in [0.5, 0.6) is 11.5 Å². The summed E-state index contributed by atoms with van der Waals surface area (Å²) in [4.78, 5) is 23.2. The van der Waals surface area contributed by atoms with Crippen molar-refractivity contribution in [1.82, 2.24) is 0 Å². The van der Waals surface area contributed by atoms with Gasteiger partial charge in [-0.1, -0.05) is 23.8 Å². The number of carbonyl (C=O) groups is 1. The minimum Gasteiger partial charge on any atom is -0.493 e. The lowest BCUT2D eigenvalue weighted by molar-refractivity contribution is -0.384. The molecule has 0 aromatic heterocycles. The number of hydrogen-bond acceptors (Lipinski definition) is 6. The fourth-order valence-corrected chi connectivity index (χ4v) is 3.72. The Morgan fingerprint density at radius 1 is 1.16 bits per heavy atom. The van der Waals surface area contributed by atoms with Crippen molar-refractivity contribution in [3.63, 3.8) is 0 Å². The average Bonchev–Trinajstić information content (AvgIpc) is 2.88. The van der Waals surface area contributed by atoms with E-state index in [2.05, 4.69) is 11.9 Å². The summed E-state index contributed by atoms with van der Waals surface area (Å²) in [5, 5.41) is 23.3. The van der Waals surface area contributed by atoms with Crippen LogP contribution in [-0.4, -0.2) is 17.9 Å². The highest BCUT2D eigenvalue weighted by atomic mass is 16.6. The van der Waals surface area contributed by atoms with Crippen molar-refractivity contribution in [2.75, 3.05) is 12.4 Å². The van der Waals surface area contributed by atoms with Gasteiger partial charge in [-0.15, -0.1) is 6.58 Å². The molecule has 3 aromatic rings. The van der Waals surface area contributed by atoms with Crippen LogP contribution in [0.3, 0.4) is 0 Å². The number of anilines is 1. The van der Waals surface area contributed by atoms with Gasteiger partial charge < -0.3 is 14.8 Å². The number of allylic oxidation sites excluding steroid dienone is 1. The number of hydrogen-bond donors (Lipinski definition) is 1. The third kappa shape index (κ3) is 6.83. The second-order valence-corrected chi connectivity index (χ2v) is 8.36. The summed E-state index contributed by atoms with van der Waals surface area (Å²) < 4.78 is 11.6. The molecule has 8 heteroatoms. The Morgan fingerprint density at radius 3 is 2.49 bits per heavy atom. The SMILES string of the molecule is C=CCc1cc(/C=C(\C#N)C(=O)Nc2ccc(C)cc2C)cc(OC)c1OCc1ccc([N+](=O)[O-])cc1. The number of nitrogens with one attached hydrogen (secondary N) is 1. The number of methoxy groups -OCH3 is 1. The van der Waals surface area contributed by atoms with Gasteiger partial charge in [0.1, 0.15) is 18.2 Å². The van der Waals surface area contributed by atoms with Crippen molar-refractivity contribution < 1.29 is 19.2 Å². The second kappa shape index (κ2) is 12.2. The topological polar surface area (TPSA) is 114 Å². The molecule has 0 spiro atoms. The maximum absolute atomic E-state index is 12.8. The summed E-state index contributed by atoms with van der Waals surface area (Å²) >= 11 is 0. The molecule has 0 aliphatic rings. The standard InChI is InChI=1S/C29H27N3O5/c1-5-6-23-14-22(15-24(17-30)29(33)31-26-12-7-19(2)13-20(26)3)16-27(36-4)28(23)37-18-21-8-10-25(11-9-21)32(34)35/h5,7-16H,1,6,18H2,2-4H3,(H,31,33)/b24-15+. The molecule has 0 saturated carbocycles. The van der Waals surface area contributed by atoms with Crippen LogP contribution in [0.25, 0.3) is 6.08 Å². The largest absolute Gasteiger partial charge is 0.493 e. The van der Waals surface area contributed by atoms with Gasteiger partial charge in [0, 0.05) is 23.4 Å². The van der Waals surface area contributed by atoms with E-state index >= 15 is 0 Å². The number of benzene rings is 3. The van der Waals surface area contributed by atoms with E-state index in [0.29, 0.717) is 29.2 Å². The Morgan fingerprint density at radius 2 is 1.89 bits per heavy atom. The zero-order valence-corrected chi connectivity index (χ0v) is 20.9. The molecule has 0 saturated heterocycles. The molecule has 0 heterocycles. The van der Waals surface area contributed by atoms with Crippen LogP contribution < -0.4 is 14.8 Å². The predicted octanol–water partition coefficient (Wildman–Crippen LogP) is 6.07. The van der Waals surface area contributed by atoms with Crippen LogP contribution in [0.1, 0.15) is 27.8 Å². The summed E-state index contributed by atoms with van der Waals surface area (Å²) in [6.07, 6.45) is 3.65. The van der Waals surface area contributed by atoms with Gasteiger partial charge in [-0.05, 0) is 73.4 Å². The number of nitriles is 1. The number of non-ortho nitro benzene ring substituents is 1. The molecule has 188 valence electrons.